The molecule has 56 heavy (non-hydrogen) atoms. The summed E-state index contributed by atoms with van der Waals surface area (Å²) in [6.45, 7) is 15.5. The lowest BCUT2D eigenvalue weighted by Gasteiger charge is -2.71. The zero-order chi connectivity index (χ0) is 41.5. The standard InChI is InChI=1S/C41H62O15/c1-17-25(45)26(46)29(49)34(53-17)55-31-28(48)27(47)30(33(50)51)54-35(31)56-32-20(42)15-38(6)21-10-9-18-19-14-36(2,3)11-12-41(19,52)24(44)16-39(18,7)40(21,8)23(43)13-22(38)37(32,4)5/h9,17,19,21-23,25-32,34-35,43,45-49,52H,10-16H2,1-8H3,(H,50,51). The Balaban J connectivity index is 1.21. The maximum Gasteiger partial charge on any atom is 0.335 e. The molecular weight excluding hydrogens is 732 g/mol. The molecule has 2 heterocycles. The molecule has 19 atom stereocenters. The van der Waals surface area contributed by atoms with Crippen LogP contribution in [0.1, 0.15) is 100 Å². The molecule has 0 spiro atoms. The number of rotatable bonds is 5. The van der Waals surface area contributed by atoms with Crippen molar-refractivity contribution in [3.05, 3.63) is 11.6 Å². The van der Waals surface area contributed by atoms with Crippen LogP contribution in [0.25, 0.3) is 0 Å². The summed E-state index contributed by atoms with van der Waals surface area (Å²) in [7, 11) is 0. The number of ether oxygens (including phenoxy) is 4. The van der Waals surface area contributed by atoms with Gasteiger partial charge in [-0.3, -0.25) is 9.59 Å². The fourth-order valence-electron chi connectivity index (χ4n) is 12.9. The molecule has 19 unspecified atom stereocenters. The van der Waals surface area contributed by atoms with E-state index in [0.717, 1.165) is 12.0 Å². The number of hydrogen-bond acceptors (Lipinski definition) is 14. The summed E-state index contributed by atoms with van der Waals surface area (Å²) in [5.74, 6) is -3.15. The molecule has 0 radical (unpaired) electrons. The lowest BCUT2D eigenvalue weighted by molar-refractivity contribution is -0.369. The molecular formula is C41H62O15. The van der Waals surface area contributed by atoms with Gasteiger partial charge in [0.2, 0.25) is 0 Å². The molecule has 0 aromatic carbocycles. The van der Waals surface area contributed by atoms with Crippen LogP contribution in [-0.4, -0.2) is 138 Å². The Labute approximate surface area is 327 Å². The molecule has 15 nitrogen and oxygen atoms in total. The highest BCUT2D eigenvalue weighted by Gasteiger charge is 2.73. The minimum Gasteiger partial charge on any atom is -0.479 e. The summed E-state index contributed by atoms with van der Waals surface area (Å²) in [6.07, 6.45) is -14.7. The van der Waals surface area contributed by atoms with Crippen LogP contribution >= 0.6 is 0 Å². The summed E-state index contributed by atoms with van der Waals surface area (Å²) in [5.41, 5.74) is -3.90. The van der Waals surface area contributed by atoms with Crippen LogP contribution in [0.15, 0.2) is 11.6 Å². The average Bonchev–Trinajstić information content (AvgIpc) is 3.10. The summed E-state index contributed by atoms with van der Waals surface area (Å²) in [6, 6.07) is 0. The second-order valence-electron chi connectivity index (χ2n) is 20.3. The van der Waals surface area contributed by atoms with Gasteiger partial charge in [-0.2, -0.15) is 0 Å². The van der Waals surface area contributed by atoms with Gasteiger partial charge in [0.15, 0.2) is 30.3 Å². The third-order valence-corrected chi connectivity index (χ3v) is 16.3. The fraction of sp³-hybridized carbons (Fsp3) is 0.878. The Hall–Kier alpha value is -1.89. The number of ketones is 2. The van der Waals surface area contributed by atoms with Crippen molar-refractivity contribution in [2.45, 2.75) is 180 Å². The number of carboxylic acid groups (broad SMARTS) is 1. The van der Waals surface area contributed by atoms with Crippen molar-refractivity contribution >= 4 is 17.5 Å². The number of carbonyl (C=O) groups excluding carboxylic acids is 2. The first-order valence-electron chi connectivity index (χ1n) is 20.2. The Morgan fingerprint density at radius 2 is 1.46 bits per heavy atom. The molecule has 7 rings (SSSR count). The van der Waals surface area contributed by atoms with Crippen LogP contribution in [0.4, 0.5) is 0 Å². The van der Waals surface area contributed by atoms with Gasteiger partial charge < -0.3 is 59.8 Å². The predicted molar refractivity (Wildman–Crippen MR) is 194 cm³/mol. The fourth-order valence-corrected chi connectivity index (χ4v) is 12.9. The van der Waals surface area contributed by atoms with Crippen LogP contribution in [0.5, 0.6) is 0 Å². The maximum absolute atomic E-state index is 14.6. The van der Waals surface area contributed by atoms with Crippen molar-refractivity contribution in [1.82, 2.24) is 0 Å². The van der Waals surface area contributed by atoms with E-state index < -0.39 is 107 Å². The molecule has 0 amide bonds. The molecule has 0 aromatic rings. The number of carbonyl (C=O) groups is 3. The first kappa shape index (κ1) is 42.2. The lowest BCUT2D eigenvalue weighted by atomic mass is 9.33. The number of Topliss-reactive ketones (excluding diaryl/α,β-unsaturated/α-hetero) is 2. The Morgan fingerprint density at radius 1 is 0.804 bits per heavy atom. The molecule has 15 heteroatoms. The Bertz CT molecular complexity index is 1650. The van der Waals surface area contributed by atoms with E-state index in [4.69, 9.17) is 18.9 Å². The third kappa shape index (κ3) is 5.88. The van der Waals surface area contributed by atoms with Gasteiger partial charge in [0.1, 0.15) is 48.3 Å². The number of fused-ring (bicyclic) bond motifs is 7. The molecule has 316 valence electrons. The van der Waals surface area contributed by atoms with Crippen molar-refractivity contribution in [1.29, 1.82) is 0 Å². The van der Waals surface area contributed by atoms with E-state index in [9.17, 15) is 55.2 Å². The summed E-state index contributed by atoms with van der Waals surface area (Å²) in [5, 5.41) is 87.5. The zero-order valence-electron chi connectivity index (χ0n) is 33.6. The van der Waals surface area contributed by atoms with E-state index in [-0.39, 0.29) is 54.0 Å². The van der Waals surface area contributed by atoms with Crippen molar-refractivity contribution in [2.24, 2.45) is 44.8 Å². The van der Waals surface area contributed by atoms with Crippen LogP contribution in [0.2, 0.25) is 0 Å². The molecule has 0 aromatic heterocycles. The van der Waals surface area contributed by atoms with E-state index >= 15 is 0 Å². The smallest absolute Gasteiger partial charge is 0.335 e. The van der Waals surface area contributed by atoms with Crippen LogP contribution in [0.3, 0.4) is 0 Å². The van der Waals surface area contributed by atoms with Crippen molar-refractivity contribution in [3.63, 3.8) is 0 Å². The topological polar surface area (TPSA) is 250 Å². The zero-order valence-corrected chi connectivity index (χ0v) is 33.6. The monoisotopic (exact) mass is 794 g/mol. The average molecular weight is 795 g/mol. The molecule has 5 aliphatic carbocycles. The quantitative estimate of drug-likeness (QED) is 0.143. The molecule has 4 saturated carbocycles. The minimum atomic E-state index is -2.02. The Kier molecular flexibility index (Phi) is 10.2. The first-order chi connectivity index (χ1) is 25.8. The van der Waals surface area contributed by atoms with Gasteiger partial charge in [-0.1, -0.05) is 60.1 Å². The number of aliphatic carboxylic acids is 1. The van der Waals surface area contributed by atoms with Gasteiger partial charge in [0, 0.05) is 35.0 Å². The molecule has 2 aliphatic heterocycles. The van der Waals surface area contributed by atoms with E-state index in [2.05, 4.69) is 26.8 Å². The summed E-state index contributed by atoms with van der Waals surface area (Å²) in [4.78, 5) is 40.8. The molecule has 8 N–H and O–H groups in total. The summed E-state index contributed by atoms with van der Waals surface area (Å²) >= 11 is 0. The highest BCUT2D eigenvalue weighted by Crippen LogP contribution is 2.74. The van der Waals surface area contributed by atoms with Gasteiger partial charge in [-0.25, -0.2) is 4.79 Å². The molecule has 6 fully saturated rings. The first-order valence-corrected chi connectivity index (χ1v) is 20.2. The van der Waals surface area contributed by atoms with Gasteiger partial charge in [-0.15, -0.1) is 0 Å². The largest absolute Gasteiger partial charge is 0.479 e. The maximum atomic E-state index is 14.6. The van der Waals surface area contributed by atoms with Crippen LogP contribution < -0.4 is 0 Å². The lowest BCUT2D eigenvalue weighted by Crippen LogP contribution is -2.72. The SMILES string of the molecule is CC1OC(OC2C(OC3C(=O)CC4(C)C(CC(O)C5(C)C4CC=C4C6CC(C)(C)CCC6(O)C(=O)CC45C)C3(C)C)OC(C(=O)O)C(O)C2O)C(O)C(O)C1O. The number of allylic oxidation sites excluding steroid dienone is 1. The Morgan fingerprint density at radius 3 is 2.11 bits per heavy atom. The van der Waals surface area contributed by atoms with E-state index in [0.29, 0.717) is 19.3 Å². The van der Waals surface area contributed by atoms with Crippen molar-refractivity contribution in [2.75, 3.05) is 0 Å². The highest BCUT2D eigenvalue weighted by molar-refractivity contribution is 5.91. The second kappa shape index (κ2) is 13.6. The normalized spacial score (nSPS) is 53.8. The number of aliphatic hydroxyl groups is 7. The molecule has 7 aliphatic rings. The highest BCUT2D eigenvalue weighted by atomic mass is 16.8. The number of aliphatic hydroxyl groups excluding tert-OH is 6. The number of hydrogen-bond donors (Lipinski definition) is 8. The van der Waals surface area contributed by atoms with Crippen LogP contribution in [-0.2, 0) is 33.3 Å². The molecule has 0 bridgehead atoms. The van der Waals surface area contributed by atoms with E-state index in [1.807, 2.05) is 27.7 Å². The van der Waals surface area contributed by atoms with Crippen molar-refractivity contribution in [3.8, 4) is 0 Å². The third-order valence-electron chi connectivity index (χ3n) is 16.3. The molecule has 2 saturated heterocycles. The van der Waals surface area contributed by atoms with E-state index in [1.54, 1.807) is 0 Å². The summed E-state index contributed by atoms with van der Waals surface area (Å²) < 4.78 is 23.5. The number of carboxylic acids is 1. The van der Waals surface area contributed by atoms with E-state index in [1.165, 1.54) is 6.92 Å². The predicted octanol–water partition coefficient (Wildman–Crippen LogP) is 0.991. The van der Waals surface area contributed by atoms with Gasteiger partial charge in [0.05, 0.1) is 12.2 Å². The van der Waals surface area contributed by atoms with Crippen LogP contribution in [0, 0.1) is 44.8 Å². The van der Waals surface area contributed by atoms with Gasteiger partial charge in [-0.05, 0) is 61.7 Å². The van der Waals surface area contributed by atoms with Gasteiger partial charge >= 0.3 is 5.97 Å². The van der Waals surface area contributed by atoms with Gasteiger partial charge in [0.25, 0.3) is 0 Å². The van der Waals surface area contributed by atoms with Crippen molar-refractivity contribution < 1.29 is 74.2 Å². The minimum absolute atomic E-state index is 0.00413. The second-order valence-corrected chi connectivity index (χ2v) is 20.3.